The number of hydrogen-bond donors (Lipinski definition) is 1. The van der Waals surface area contributed by atoms with E-state index < -0.39 is 0 Å². The van der Waals surface area contributed by atoms with Crippen LogP contribution in [0.2, 0.25) is 4.82 Å². The van der Waals surface area contributed by atoms with E-state index in [1.165, 1.54) is 23.7 Å². The minimum atomic E-state index is 0.0707. The Kier molecular flexibility index (Phi) is 5.31. The number of nitrogens with one attached hydrogen (secondary N) is 1. The number of carbonyl (C=O) groups excluding carboxylic acids is 1. The van der Waals surface area contributed by atoms with Crippen LogP contribution in [0.3, 0.4) is 0 Å². The third-order valence-corrected chi connectivity index (χ3v) is 7.05. The molecule has 2 atom stereocenters. The standard InChI is InChI=1S/C19H21NOSe/c21-19(15-9-3-1-4-10-15)20-17-13-7-8-14-18(17)22-16-11-5-2-6-12-16/h1-6,9-12,17-18H,7-8,13-14H2,(H,20,21). The third-order valence-electron chi connectivity index (χ3n) is 4.09. The first-order valence-corrected chi connectivity index (χ1v) is 9.75. The van der Waals surface area contributed by atoms with Crippen molar-refractivity contribution in [3.8, 4) is 0 Å². The average molecular weight is 358 g/mol. The van der Waals surface area contributed by atoms with Gasteiger partial charge in [0.2, 0.25) is 0 Å². The molecule has 2 unspecified atom stereocenters. The molecule has 1 saturated carbocycles. The Balaban J connectivity index is 1.66. The molecular weight excluding hydrogens is 337 g/mol. The second-order valence-electron chi connectivity index (χ2n) is 5.70. The number of benzene rings is 2. The molecule has 0 saturated heterocycles. The Morgan fingerprint density at radius 3 is 2.27 bits per heavy atom. The maximum absolute atomic E-state index is 12.4. The topological polar surface area (TPSA) is 29.1 Å². The van der Waals surface area contributed by atoms with Gasteiger partial charge in [0, 0.05) is 0 Å². The normalized spacial score (nSPS) is 21.3. The monoisotopic (exact) mass is 359 g/mol. The average Bonchev–Trinajstić information content (AvgIpc) is 2.58. The van der Waals surface area contributed by atoms with Crippen LogP contribution in [0.4, 0.5) is 0 Å². The van der Waals surface area contributed by atoms with Crippen molar-refractivity contribution in [1.82, 2.24) is 5.32 Å². The van der Waals surface area contributed by atoms with Crippen LogP contribution in [0.5, 0.6) is 0 Å². The molecule has 0 bridgehead atoms. The van der Waals surface area contributed by atoms with Crippen molar-refractivity contribution in [2.75, 3.05) is 0 Å². The van der Waals surface area contributed by atoms with E-state index in [1.54, 1.807) is 0 Å². The van der Waals surface area contributed by atoms with Crippen LogP contribution in [0.15, 0.2) is 60.7 Å². The summed E-state index contributed by atoms with van der Waals surface area (Å²) in [6, 6.07) is 20.6. The van der Waals surface area contributed by atoms with E-state index in [-0.39, 0.29) is 5.91 Å². The fourth-order valence-electron chi connectivity index (χ4n) is 2.92. The summed E-state index contributed by atoms with van der Waals surface area (Å²) in [6.07, 6.45) is 4.85. The summed E-state index contributed by atoms with van der Waals surface area (Å²) < 4.78 is 1.43. The van der Waals surface area contributed by atoms with E-state index in [0.29, 0.717) is 25.8 Å². The molecule has 0 spiro atoms. The molecule has 2 aromatic rings. The number of carbonyl (C=O) groups is 1. The second kappa shape index (κ2) is 7.62. The Labute approximate surface area is 138 Å². The van der Waals surface area contributed by atoms with Gasteiger partial charge in [-0.3, -0.25) is 0 Å². The number of rotatable bonds is 4. The van der Waals surface area contributed by atoms with Gasteiger partial charge < -0.3 is 0 Å². The quantitative estimate of drug-likeness (QED) is 0.836. The van der Waals surface area contributed by atoms with Crippen LogP contribution in [0.1, 0.15) is 36.0 Å². The van der Waals surface area contributed by atoms with Gasteiger partial charge in [-0.1, -0.05) is 0 Å². The molecule has 114 valence electrons. The molecular formula is C19H21NOSe. The van der Waals surface area contributed by atoms with Crippen LogP contribution in [0.25, 0.3) is 0 Å². The molecule has 1 fully saturated rings. The van der Waals surface area contributed by atoms with Gasteiger partial charge in [-0.05, 0) is 0 Å². The van der Waals surface area contributed by atoms with Gasteiger partial charge in [0.1, 0.15) is 0 Å². The Bertz CT molecular complexity index is 599. The van der Waals surface area contributed by atoms with E-state index >= 15 is 0 Å². The summed E-state index contributed by atoms with van der Waals surface area (Å²) in [4.78, 5) is 13.0. The fraction of sp³-hybridized carbons (Fsp3) is 0.316. The number of amides is 1. The fourth-order valence-corrected chi connectivity index (χ4v) is 5.68. The van der Waals surface area contributed by atoms with E-state index in [4.69, 9.17) is 0 Å². The molecule has 0 radical (unpaired) electrons. The Morgan fingerprint density at radius 2 is 1.55 bits per heavy atom. The van der Waals surface area contributed by atoms with Crippen molar-refractivity contribution < 1.29 is 4.79 Å². The summed E-state index contributed by atoms with van der Waals surface area (Å²) >= 11 is 0.427. The predicted octanol–water partition coefficient (Wildman–Crippen LogP) is 3.18. The molecule has 2 nitrogen and oxygen atoms in total. The first kappa shape index (κ1) is 15.3. The van der Waals surface area contributed by atoms with Crippen LogP contribution < -0.4 is 9.78 Å². The van der Waals surface area contributed by atoms with Crippen molar-refractivity contribution >= 4 is 25.3 Å². The number of hydrogen-bond acceptors (Lipinski definition) is 1. The zero-order chi connectivity index (χ0) is 15.2. The molecule has 3 heteroatoms. The van der Waals surface area contributed by atoms with Crippen molar-refractivity contribution in [3.05, 3.63) is 66.2 Å². The Morgan fingerprint density at radius 1 is 0.909 bits per heavy atom. The van der Waals surface area contributed by atoms with Gasteiger partial charge in [0.25, 0.3) is 0 Å². The van der Waals surface area contributed by atoms with E-state index in [2.05, 4.69) is 35.6 Å². The van der Waals surface area contributed by atoms with Gasteiger partial charge in [-0.15, -0.1) is 0 Å². The van der Waals surface area contributed by atoms with Gasteiger partial charge in [-0.25, -0.2) is 0 Å². The van der Waals surface area contributed by atoms with Crippen molar-refractivity contribution in [1.29, 1.82) is 0 Å². The van der Waals surface area contributed by atoms with E-state index in [0.717, 1.165) is 12.0 Å². The van der Waals surface area contributed by atoms with Gasteiger partial charge >= 0.3 is 138 Å². The molecule has 1 amide bonds. The molecule has 1 aliphatic rings. The summed E-state index contributed by atoms with van der Waals surface area (Å²) in [5.41, 5.74) is 0.763. The molecule has 22 heavy (non-hydrogen) atoms. The summed E-state index contributed by atoms with van der Waals surface area (Å²) in [7, 11) is 0. The van der Waals surface area contributed by atoms with Crippen molar-refractivity contribution in [2.24, 2.45) is 0 Å². The van der Waals surface area contributed by atoms with E-state index in [1.807, 2.05) is 30.3 Å². The van der Waals surface area contributed by atoms with Crippen LogP contribution >= 0.6 is 0 Å². The molecule has 3 rings (SSSR count). The first-order chi connectivity index (χ1) is 10.8. The zero-order valence-corrected chi connectivity index (χ0v) is 14.3. The summed E-state index contributed by atoms with van der Waals surface area (Å²) in [6.45, 7) is 0. The SMILES string of the molecule is O=C(NC1CCCCC1[Se]c1ccccc1)c1ccccc1. The molecule has 1 N–H and O–H groups in total. The predicted molar refractivity (Wildman–Crippen MR) is 91.7 cm³/mol. The Hall–Kier alpha value is -1.57. The molecule has 2 aromatic carbocycles. The summed E-state index contributed by atoms with van der Waals surface area (Å²) in [5, 5.41) is 3.28. The summed E-state index contributed by atoms with van der Waals surface area (Å²) in [5.74, 6) is 0.0707. The van der Waals surface area contributed by atoms with Crippen LogP contribution in [-0.2, 0) is 0 Å². The molecule has 1 aliphatic carbocycles. The zero-order valence-electron chi connectivity index (χ0n) is 12.6. The van der Waals surface area contributed by atoms with Gasteiger partial charge in [-0.2, -0.15) is 0 Å². The second-order valence-corrected chi connectivity index (χ2v) is 8.45. The van der Waals surface area contributed by atoms with Gasteiger partial charge in [0.05, 0.1) is 0 Å². The van der Waals surface area contributed by atoms with Crippen molar-refractivity contribution in [2.45, 2.75) is 36.5 Å². The van der Waals surface area contributed by atoms with Gasteiger partial charge in [0.15, 0.2) is 0 Å². The van der Waals surface area contributed by atoms with Crippen LogP contribution in [-0.4, -0.2) is 26.9 Å². The minimum absolute atomic E-state index is 0.0707. The van der Waals surface area contributed by atoms with Crippen molar-refractivity contribution in [3.63, 3.8) is 0 Å². The molecule has 0 heterocycles. The van der Waals surface area contributed by atoms with E-state index in [9.17, 15) is 4.79 Å². The first-order valence-electron chi connectivity index (χ1n) is 7.90. The molecule has 0 aliphatic heterocycles. The van der Waals surface area contributed by atoms with Crippen LogP contribution in [0, 0.1) is 0 Å². The third kappa shape index (κ3) is 4.00. The maximum atomic E-state index is 12.4. The molecule has 0 aromatic heterocycles.